The Hall–Kier alpha value is -2.24. The number of ether oxygens (including phenoxy) is 2. The highest BCUT2D eigenvalue weighted by Gasteiger charge is 2.37. The number of carbonyl (C=O) groups is 2. The van der Waals surface area contributed by atoms with Crippen LogP contribution in [0.2, 0.25) is 0 Å². The molecule has 0 radical (unpaired) electrons. The van der Waals surface area contributed by atoms with Gasteiger partial charge < -0.3 is 19.3 Å². The van der Waals surface area contributed by atoms with Gasteiger partial charge in [-0.1, -0.05) is 12.8 Å². The summed E-state index contributed by atoms with van der Waals surface area (Å²) in [5.41, 5.74) is 0.555. The van der Waals surface area contributed by atoms with Crippen LogP contribution in [-0.4, -0.2) is 54.1 Å². The highest BCUT2D eigenvalue weighted by Crippen LogP contribution is 2.33. The van der Waals surface area contributed by atoms with Gasteiger partial charge in [-0.15, -0.1) is 0 Å². The Balaban J connectivity index is 1.50. The monoisotopic (exact) mass is 344 g/mol. The summed E-state index contributed by atoms with van der Waals surface area (Å²) in [5, 5.41) is 0. The number of hydrogen-bond donors (Lipinski definition) is 0. The average molecular weight is 344 g/mol. The third-order valence-corrected chi connectivity index (χ3v) is 5.34. The van der Waals surface area contributed by atoms with Crippen molar-refractivity contribution >= 4 is 11.8 Å². The van der Waals surface area contributed by atoms with Crippen LogP contribution in [0.25, 0.3) is 0 Å². The van der Waals surface area contributed by atoms with E-state index >= 15 is 0 Å². The predicted octanol–water partition coefficient (Wildman–Crippen LogP) is 2.42. The molecule has 1 aromatic rings. The van der Waals surface area contributed by atoms with E-state index in [4.69, 9.17) is 9.47 Å². The van der Waals surface area contributed by atoms with Crippen molar-refractivity contribution in [1.82, 2.24) is 9.80 Å². The van der Waals surface area contributed by atoms with Crippen LogP contribution in [0, 0.1) is 0 Å². The zero-order valence-electron chi connectivity index (χ0n) is 14.4. The Morgan fingerprint density at radius 1 is 0.920 bits per heavy atom. The molecule has 25 heavy (non-hydrogen) atoms. The minimum Gasteiger partial charge on any atom is -0.454 e. The molecule has 6 nitrogen and oxygen atoms in total. The summed E-state index contributed by atoms with van der Waals surface area (Å²) in [7, 11) is 0. The second-order valence-corrected chi connectivity index (χ2v) is 6.96. The smallest absolute Gasteiger partial charge is 0.254 e. The van der Waals surface area contributed by atoms with E-state index in [0.29, 0.717) is 23.6 Å². The number of amides is 2. The highest BCUT2D eigenvalue weighted by atomic mass is 16.7. The number of fused-ring (bicyclic) bond motifs is 1. The Morgan fingerprint density at radius 2 is 1.68 bits per heavy atom. The van der Waals surface area contributed by atoms with E-state index in [0.717, 1.165) is 38.8 Å². The third kappa shape index (κ3) is 3.17. The van der Waals surface area contributed by atoms with Gasteiger partial charge >= 0.3 is 0 Å². The number of nitrogens with zero attached hydrogens (tertiary/aromatic N) is 2. The standard InChI is InChI=1S/C19H24N2O4/c22-18(14-7-8-16-17(12-14)25-13-24-16)21-11-5-6-15(21)19(23)20-9-3-1-2-4-10-20/h7-8,12,15H,1-6,9-11,13H2/t15-/m0/s1. The van der Waals surface area contributed by atoms with Crippen LogP contribution >= 0.6 is 0 Å². The van der Waals surface area contributed by atoms with Gasteiger partial charge in [0.2, 0.25) is 12.7 Å². The van der Waals surface area contributed by atoms with Crippen LogP contribution in [-0.2, 0) is 4.79 Å². The van der Waals surface area contributed by atoms with E-state index in [1.165, 1.54) is 12.8 Å². The van der Waals surface area contributed by atoms with E-state index in [9.17, 15) is 9.59 Å². The van der Waals surface area contributed by atoms with Gasteiger partial charge in [0.15, 0.2) is 11.5 Å². The first-order valence-electron chi connectivity index (χ1n) is 9.23. The molecule has 134 valence electrons. The zero-order chi connectivity index (χ0) is 17.2. The quantitative estimate of drug-likeness (QED) is 0.827. The fourth-order valence-corrected chi connectivity index (χ4v) is 3.96. The molecule has 0 spiro atoms. The number of rotatable bonds is 2. The van der Waals surface area contributed by atoms with Crippen LogP contribution in [0.4, 0.5) is 0 Å². The van der Waals surface area contributed by atoms with Gasteiger partial charge in [-0.25, -0.2) is 0 Å². The van der Waals surface area contributed by atoms with E-state index in [2.05, 4.69) is 0 Å². The van der Waals surface area contributed by atoms with E-state index in [-0.39, 0.29) is 24.6 Å². The second-order valence-electron chi connectivity index (χ2n) is 6.96. The van der Waals surface area contributed by atoms with E-state index in [1.807, 2.05) is 4.90 Å². The van der Waals surface area contributed by atoms with Gasteiger partial charge in [-0.2, -0.15) is 0 Å². The lowest BCUT2D eigenvalue weighted by molar-refractivity contribution is -0.135. The molecule has 4 rings (SSSR count). The zero-order valence-corrected chi connectivity index (χ0v) is 14.4. The Morgan fingerprint density at radius 3 is 2.48 bits per heavy atom. The SMILES string of the molecule is O=C([C@@H]1CCCN1C(=O)c1ccc2c(c1)OCO2)N1CCCCCC1. The van der Waals surface area contributed by atoms with Crippen molar-refractivity contribution in [2.24, 2.45) is 0 Å². The first-order valence-corrected chi connectivity index (χ1v) is 9.23. The lowest BCUT2D eigenvalue weighted by Crippen LogP contribution is -2.48. The number of carbonyl (C=O) groups excluding carboxylic acids is 2. The normalized spacial score (nSPS) is 22.8. The summed E-state index contributed by atoms with van der Waals surface area (Å²) in [5.74, 6) is 1.29. The average Bonchev–Trinajstić information content (AvgIpc) is 3.22. The number of hydrogen-bond acceptors (Lipinski definition) is 4. The summed E-state index contributed by atoms with van der Waals surface area (Å²) in [6, 6.07) is 4.91. The molecule has 0 aliphatic carbocycles. The minimum absolute atomic E-state index is 0.0935. The van der Waals surface area contributed by atoms with Crippen LogP contribution in [0.5, 0.6) is 11.5 Å². The number of likely N-dealkylation sites (tertiary alicyclic amines) is 2. The van der Waals surface area contributed by atoms with Crippen molar-refractivity contribution in [2.45, 2.75) is 44.6 Å². The molecule has 0 saturated carbocycles. The fourth-order valence-electron chi connectivity index (χ4n) is 3.96. The molecule has 3 heterocycles. The predicted molar refractivity (Wildman–Crippen MR) is 91.7 cm³/mol. The summed E-state index contributed by atoms with van der Waals surface area (Å²) in [4.78, 5) is 29.6. The maximum atomic E-state index is 13.0. The van der Waals surface area contributed by atoms with Crippen molar-refractivity contribution in [3.05, 3.63) is 23.8 Å². The molecule has 0 bridgehead atoms. The largest absolute Gasteiger partial charge is 0.454 e. The lowest BCUT2D eigenvalue weighted by atomic mass is 10.1. The molecule has 0 unspecified atom stereocenters. The van der Waals surface area contributed by atoms with Gasteiger partial charge in [0.1, 0.15) is 6.04 Å². The first kappa shape index (κ1) is 16.2. The van der Waals surface area contributed by atoms with Crippen molar-refractivity contribution in [3.63, 3.8) is 0 Å². The van der Waals surface area contributed by atoms with Gasteiger partial charge in [-0.3, -0.25) is 9.59 Å². The van der Waals surface area contributed by atoms with E-state index < -0.39 is 0 Å². The molecule has 3 aliphatic heterocycles. The third-order valence-electron chi connectivity index (χ3n) is 5.34. The van der Waals surface area contributed by atoms with Crippen LogP contribution in [0.1, 0.15) is 48.9 Å². The van der Waals surface area contributed by atoms with Crippen molar-refractivity contribution < 1.29 is 19.1 Å². The van der Waals surface area contributed by atoms with Crippen LogP contribution < -0.4 is 9.47 Å². The summed E-state index contributed by atoms with van der Waals surface area (Å²) in [6.07, 6.45) is 6.14. The molecule has 2 saturated heterocycles. The Kier molecular flexibility index (Phi) is 4.51. The van der Waals surface area contributed by atoms with Crippen LogP contribution in [0.15, 0.2) is 18.2 Å². The molecule has 1 atom stereocenters. The number of benzene rings is 1. The van der Waals surface area contributed by atoms with Gasteiger partial charge in [0, 0.05) is 25.2 Å². The Bertz CT molecular complexity index is 667. The second kappa shape index (κ2) is 6.94. The lowest BCUT2D eigenvalue weighted by Gasteiger charge is -2.29. The molecule has 3 aliphatic rings. The molecule has 2 amide bonds. The van der Waals surface area contributed by atoms with Crippen molar-refractivity contribution in [2.75, 3.05) is 26.4 Å². The van der Waals surface area contributed by atoms with Gasteiger partial charge in [-0.05, 0) is 43.9 Å². The Labute approximate surface area is 147 Å². The minimum atomic E-state index is -0.323. The van der Waals surface area contributed by atoms with Gasteiger partial charge in [0.05, 0.1) is 0 Å². The maximum Gasteiger partial charge on any atom is 0.254 e. The van der Waals surface area contributed by atoms with Crippen LogP contribution in [0.3, 0.4) is 0 Å². The maximum absolute atomic E-state index is 13.0. The highest BCUT2D eigenvalue weighted by molar-refractivity contribution is 5.98. The summed E-state index contributed by atoms with van der Waals surface area (Å²) in [6.45, 7) is 2.47. The summed E-state index contributed by atoms with van der Waals surface area (Å²) >= 11 is 0. The van der Waals surface area contributed by atoms with Crippen molar-refractivity contribution in [1.29, 1.82) is 0 Å². The topological polar surface area (TPSA) is 59.1 Å². The van der Waals surface area contributed by atoms with Crippen molar-refractivity contribution in [3.8, 4) is 11.5 Å². The summed E-state index contributed by atoms with van der Waals surface area (Å²) < 4.78 is 10.7. The first-order chi connectivity index (χ1) is 12.2. The molecular weight excluding hydrogens is 320 g/mol. The molecule has 0 N–H and O–H groups in total. The fraction of sp³-hybridized carbons (Fsp3) is 0.579. The molecule has 2 fully saturated rings. The van der Waals surface area contributed by atoms with Gasteiger partial charge in [0.25, 0.3) is 5.91 Å². The molecule has 1 aromatic carbocycles. The van der Waals surface area contributed by atoms with E-state index in [1.54, 1.807) is 23.1 Å². The molecule has 0 aromatic heterocycles. The molecule has 6 heteroatoms. The molecular formula is C19H24N2O4.